The number of hydrogen-bond acceptors (Lipinski definition) is 9. The maximum Gasteiger partial charge on any atom is 0.318 e. The van der Waals surface area contributed by atoms with Gasteiger partial charge in [0.1, 0.15) is 12.4 Å². The van der Waals surface area contributed by atoms with E-state index in [-0.39, 0.29) is 29.9 Å². The van der Waals surface area contributed by atoms with Crippen LogP contribution in [-0.4, -0.2) is 91.8 Å². The Bertz CT molecular complexity index is 1540. The summed E-state index contributed by atoms with van der Waals surface area (Å²) < 4.78 is 32.5. The molecule has 1 aromatic carbocycles. The van der Waals surface area contributed by atoms with Gasteiger partial charge in [0.15, 0.2) is 9.84 Å². The van der Waals surface area contributed by atoms with Crippen LogP contribution in [0, 0.1) is 11.3 Å². The zero-order valence-electron chi connectivity index (χ0n) is 24.2. The lowest BCUT2D eigenvalue weighted by molar-refractivity contribution is -0.128. The molecule has 1 amide bonds. The summed E-state index contributed by atoms with van der Waals surface area (Å²) >= 11 is 0. The summed E-state index contributed by atoms with van der Waals surface area (Å²) in [4.78, 5) is 28.5. The van der Waals surface area contributed by atoms with Gasteiger partial charge in [0.05, 0.1) is 35.7 Å². The number of hydrogen-bond donors (Lipinski definition) is 0. The summed E-state index contributed by atoms with van der Waals surface area (Å²) in [7, 11) is -1.17. The minimum atomic E-state index is -3.27. The summed E-state index contributed by atoms with van der Waals surface area (Å²) in [5, 5.41) is 9.51. The van der Waals surface area contributed by atoms with Gasteiger partial charge in [-0.1, -0.05) is 30.8 Å². The van der Waals surface area contributed by atoms with E-state index in [4.69, 9.17) is 14.7 Å². The number of rotatable bonds is 6. The fraction of sp³-hybridized carbons (Fsp3) is 0.548. The maximum atomic E-state index is 13.1. The lowest BCUT2D eigenvalue weighted by Gasteiger charge is -2.44. The molecule has 1 spiro atoms. The Morgan fingerprint density at radius 2 is 2.07 bits per heavy atom. The van der Waals surface area contributed by atoms with E-state index in [0.29, 0.717) is 57.6 Å². The minimum Gasteiger partial charge on any atom is -0.462 e. The van der Waals surface area contributed by atoms with E-state index in [1.54, 1.807) is 4.90 Å². The minimum absolute atomic E-state index is 0.0735. The normalized spacial score (nSPS) is 26.8. The molecule has 10 nitrogen and oxygen atoms in total. The Hall–Kier alpha value is -3.49. The number of likely N-dealkylation sites (N-methyl/N-ethyl adjacent to an activating group) is 1. The standard InChI is InChI=1S/C31H38N6O4S/c1-3-28(38)37-16-15-36(18-23(37)11-13-32)29-25-10-12-31(21-42(39,40)20-22-7-4-5-9-26(22)31)17-27(25)33-30(34-29)41-19-24-8-6-14-35(24)2/h3-5,7,9,23-24H,1,6,8,10-12,14-21H2,2H3/t23-,24-,31?/m0/s1. The second kappa shape index (κ2) is 11.3. The Kier molecular flexibility index (Phi) is 7.70. The highest BCUT2D eigenvalue weighted by atomic mass is 32.2. The number of sulfone groups is 1. The number of aromatic nitrogens is 2. The molecule has 2 saturated heterocycles. The number of carbonyl (C=O) groups is 1. The first-order chi connectivity index (χ1) is 20.2. The average molecular weight is 591 g/mol. The van der Waals surface area contributed by atoms with Crippen LogP contribution in [0.2, 0.25) is 0 Å². The number of fused-ring (bicyclic) bond motifs is 3. The third-order valence-corrected chi connectivity index (χ3v) is 11.3. The van der Waals surface area contributed by atoms with Crippen molar-refractivity contribution in [2.75, 3.05) is 50.5 Å². The number of ether oxygens (including phenoxy) is 1. The van der Waals surface area contributed by atoms with Crippen molar-refractivity contribution in [2.24, 2.45) is 0 Å². The number of anilines is 1. The summed E-state index contributed by atoms with van der Waals surface area (Å²) in [6.45, 7) is 6.62. The van der Waals surface area contributed by atoms with Crippen LogP contribution in [-0.2, 0) is 38.6 Å². The maximum absolute atomic E-state index is 13.1. The highest BCUT2D eigenvalue weighted by Crippen LogP contribution is 2.46. The first kappa shape index (κ1) is 28.6. The topological polar surface area (TPSA) is 120 Å². The number of carbonyl (C=O) groups excluding carboxylic acids is 1. The molecule has 0 N–H and O–H groups in total. The number of nitrogens with zero attached hydrogens (tertiary/aromatic N) is 6. The van der Waals surface area contributed by atoms with E-state index < -0.39 is 15.3 Å². The van der Waals surface area contributed by atoms with Gasteiger partial charge < -0.3 is 19.4 Å². The Morgan fingerprint density at radius 3 is 2.83 bits per heavy atom. The Balaban J connectivity index is 1.37. The van der Waals surface area contributed by atoms with Crippen molar-refractivity contribution >= 4 is 21.6 Å². The molecule has 222 valence electrons. The van der Waals surface area contributed by atoms with Gasteiger partial charge in [-0.25, -0.2) is 8.42 Å². The molecule has 1 aromatic heterocycles. The quantitative estimate of drug-likeness (QED) is 0.467. The summed E-state index contributed by atoms with van der Waals surface area (Å²) in [5.74, 6) is 0.767. The van der Waals surface area contributed by atoms with Crippen LogP contribution in [0.5, 0.6) is 6.01 Å². The molecule has 42 heavy (non-hydrogen) atoms. The van der Waals surface area contributed by atoms with Crippen LogP contribution in [0.25, 0.3) is 0 Å². The molecule has 1 unspecified atom stereocenters. The van der Waals surface area contributed by atoms with Crippen molar-refractivity contribution in [2.45, 2.75) is 61.8 Å². The van der Waals surface area contributed by atoms with Gasteiger partial charge in [0.25, 0.3) is 0 Å². The van der Waals surface area contributed by atoms with Gasteiger partial charge in [-0.15, -0.1) is 0 Å². The third kappa shape index (κ3) is 5.38. The summed E-state index contributed by atoms with van der Waals surface area (Å²) in [6.07, 6.45) is 5.49. The molecule has 2 fully saturated rings. The molecule has 0 saturated carbocycles. The predicted octanol–water partition coefficient (Wildman–Crippen LogP) is 2.42. The van der Waals surface area contributed by atoms with Crippen molar-refractivity contribution in [1.82, 2.24) is 19.8 Å². The van der Waals surface area contributed by atoms with Crippen molar-refractivity contribution in [1.29, 1.82) is 5.26 Å². The van der Waals surface area contributed by atoms with Crippen LogP contribution in [0.3, 0.4) is 0 Å². The monoisotopic (exact) mass is 590 g/mol. The molecule has 4 aliphatic rings. The highest BCUT2D eigenvalue weighted by Gasteiger charge is 2.46. The lowest BCUT2D eigenvalue weighted by Crippen LogP contribution is -2.55. The van der Waals surface area contributed by atoms with Crippen LogP contribution >= 0.6 is 0 Å². The summed E-state index contributed by atoms with van der Waals surface area (Å²) in [5.41, 5.74) is 3.27. The average Bonchev–Trinajstić information content (AvgIpc) is 3.39. The second-order valence-corrected chi connectivity index (χ2v) is 14.3. The van der Waals surface area contributed by atoms with Gasteiger partial charge in [0.2, 0.25) is 5.91 Å². The molecule has 0 radical (unpaired) electrons. The predicted molar refractivity (Wildman–Crippen MR) is 159 cm³/mol. The molecule has 3 aliphatic heterocycles. The zero-order chi connectivity index (χ0) is 29.5. The number of benzene rings is 1. The molecule has 0 bridgehead atoms. The first-order valence-corrected chi connectivity index (χ1v) is 16.6. The number of likely N-dealkylation sites (tertiary alicyclic amines) is 1. The molecule has 11 heteroatoms. The van der Waals surface area contributed by atoms with Crippen molar-refractivity contribution in [3.63, 3.8) is 0 Å². The lowest BCUT2D eigenvalue weighted by atomic mass is 9.68. The molecule has 1 aliphatic carbocycles. The second-order valence-electron chi connectivity index (χ2n) is 12.2. The van der Waals surface area contributed by atoms with Gasteiger partial charge in [-0.2, -0.15) is 15.2 Å². The molecular formula is C31H38N6O4S. The Morgan fingerprint density at radius 1 is 1.24 bits per heavy atom. The van der Waals surface area contributed by atoms with E-state index in [9.17, 15) is 18.5 Å². The van der Waals surface area contributed by atoms with Gasteiger partial charge in [-0.05, 0) is 56.5 Å². The largest absolute Gasteiger partial charge is 0.462 e. The van der Waals surface area contributed by atoms with Crippen LogP contribution in [0.4, 0.5) is 5.82 Å². The SMILES string of the molecule is C=CC(=O)N1CCN(c2nc(OC[C@@H]3CCCN3C)nc3c2CCC2(C3)CS(=O)(=O)Cc3ccccc32)C[C@@H]1CC#N. The van der Waals surface area contributed by atoms with Gasteiger partial charge in [-0.3, -0.25) is 4.79 Å². The zero-order valence-corrected chi connectivity index (χ0v) is 25.0. The van der Waals surface area contributed by atoms with Crippen LogP contribution < -0.4 is 9.64 Å². The van der Waals surface area contributed by atoms with Crippen LogP contribution in [0.15, 0.2) is 36.9 Å². The number of nitriles is 1. The van der Waals surface area contributed by atoms with Crippen molar-refractivity contribution in [3.05, 3.63) is 59.3 Å². The molecular weight excluding hydrogens is 552 g/mol. The third-order valence-electron chi connectivity index (χ3n) is 9.51. The van der Waals surface area contributed by atoms with Crippen molar-refractivity contribution < 1.29 is 17.9 Å². The smallest absolute Gasteiger partial charge is 0.318 e. The number of piperazine rings is 1. The van der Waals surface area contributed by atoms with E-state index in [1.807, 2.05) is 18.2 Å². The van der Waals surface area contributed by atoms with Gasteiger partial charge in [0, 0.05) is 43.1 Å². The molecule has 2 aromatic rings. The summed E-state index contributed by atoms with van der Waals surface area (Å²) in [6, 6.07) is 10.4. The fourth-order valence-electron chi connectivity index (χ4n) is 7.40. The van der Waals surface area contributed by atoms with Crippen molar-refractivity contribution in [3.8, 4) is 12.1 Å². The Labute approximate surface area is 247 Å². The van der Waals surface area contributed by atoms with E-state index in [2.05, 4.69) is 35.6 Å². The van der Waals surface area contributed by atoms with E-state index >= 15 is 0 Å². The highest BCUT2D eigenvalue weighted by molar-refractivity contribution is 7.90. The fourth-order valence-corrected chi connectivity index (χ4v) is 9.47. The first-order valence-electron chi connectivity index (χ1n) is 14.8. The molecule has 6 rings (SSSR count). The van der Waals surface area contributed by atoms with Crippen LogP contribution in [0.1, 0.15) is 48.1 Å². The van der Waals surface area contributed by atoms with E-state index in [1.165, 1.54) is 6.08 Å². The van der Waals surface area contributed by atoms with E-state index in [0.717, 1.165) is 47.6 Å². The molecule has 3 atom stereocenters. The number of amides is 1. The van der Waals surface area contributed by atoms with Gasteiger partial charge >= 0.3 is 6.01 Å². The molecule has 4 heterocycles.